The predicted molar refractivity (Wildman–Crippen MR) is 145 cm³/mol. The van der Waals surface area contributed by atoms with Gasteiger partial charge in [0.25, 0.3) is 0 Å². The number of hydrogen-bond acceptors (Lipinski definition) is 7. The molecular formula is C28H51N3O7. The normalized spacial score (nSPS) is 23.7. The molecule has 0 aliphatic heterocycles. The SMILES string of the molecule is CN(C(=O)OC(C)(C)C)C1CCCC(C=O)C1.CON(C)C(=O)C1CCCC(N(C)C(=O)OC(C)(C)C)C1. The van der Waals surface area contributed by atoms with E-state index in [0.717, 1.165) is 51.2 Å². The summed E-state index contributed by atoms with van der Waals surface area (Å²) in [5.74, 6) is -0.0305. The first kappa shape index (κ1) is 33.7. The first-order valence-corrected chi connectivity index (χ1v) is 13.7. The van der Waals surface area contributed by atoms with Crippen LogP contribution in [0, 0.1) is 11.8 Å². The molecular weight excluding hydrogens is 490 g/mol. The van der Waals surface area contributed by atoms with Crippen molar-refractivity contribution in [2.24, 2.45) is 11.8 Å². The van der Waals surface area contributed by atoms with Gasteiger partial charge in [-0.15, -0.1) is 0 Å². The molecule has 0 N–H and O–H groups in total. The van der Waals surface area contributed by atoms with Crippen molar-refractivity contribution < 1.29 is 33.5 Å². The molecule has 10 nitrogen and oxygen atoms in total. The average molecular weight is 542 g/mol. The van der Waals surface area contributed by atoms with Gasteiger partial charge in [-0.1, -0.05) is 12.8 Å². The third-order valence-corrected chi connectivity index (χ3v) is 6.92. The number of hydroxylamine groups is 2. The Balaban J connectivity index is 0.000000389. The van der Waals surface area contributed by atoms with Crippen LogP contribution in [0.25, 0.3) is 0 Å². The maximum Gasteiger partial charge on any atom is 0.410 e. The first-order valence-electron chi connectivity index (χ1n) is 13.7. The summed E-state index contributed by atoms with van der Waals surface area (Å²) in [6, 6.07) is 0.168. The van der Waals surface area contributed by atoms with Crippen molar-refractivity contribution in [3.8, 4) is 0 Å². The molecule has 0 spiro atoms. The second-order valence-corrected chi connectivity index (χ2v) is 12.4. The van der Waals surface area contributed by atoms with Crippen LogP contribution in [0.3, 0.4) is 0 Å². The van der Waals surface area contributed by atoms with Gasteiger partial charge in [0.05, 0.1) is 7.11 Å². The largest absolute Gasteiger partial charge is 0.444 e. The quantitative estimate of drug-likeness (QED) is 0.354. The molecule has 0 saturated heterocycles. The minimum Gasteiger partial charge on any atom is -0.444 e. The number of ether oxygens (including phenoxy) is 2. The molecule has 0 radical (unpaired) electrons. The van der Waals surface area contributed by atoms with Gasteiger partial charge in [-0.2, -0.15) is 0 Å². The van der Waals surface area contributed by atoms with Gasteiger partial charge in [-0.05, 0) is 80.1 Å². The van der Waals surface area contributed by atoms with Gasteiger partial charge in [-0.25, -0.2) is 14.7 Å². The fourth-order valence-corrected chi connectivity index (χ4v) is 4.73. The molecule has 3 amide bonds. The van der Waals surface area contributed by atoms with Gasteiger partial charge in [0, 0.05) is 45.1 Å². The van der Waals surface area contributed by atoms with Crippen LogP contribution in [-0.4, -0.2) is 90.8 Å². The van der Waals surface area contributed by atoms with Crippen LogP contribution in [0.2, 0.25) is 0 Å². The highest BCUT2D eigenvalue weighted by molar-refractivity contribution is 5.78. The number of carbonyl (C=O) groups is 4. The molecule has 0 aromatic heterocycles. The third kappa shape index (κ3) is 11.6. The van der Waals surface area contributed by atoms with Crippen LogP contribution in [-0.2, 0) is 23.9 Å². The molecule has 10 heteroatoms. The third-order valence-electron chi connectivity index (χ3n) is 6.92. The van der Waals surface area contributed by atoms with Crippen molar-refractivity contribution in [2.75, 3.05) is 28.3 Å². The van der Waals surface area contributed by atoms with Gasteiger partial charge in [0.1, 0.15) is 17.5 Å². The smallest absolute Gasteiger partial charge is 0.410 e. The summed E-state index contributed by atoms with van der Waals surface area (Å²) in [6.45, 7) is 11.1. The summed E-state index contributed by atoms with van der Waals surface area (Å²) in [6.07, 6.45) is 7.36. The van der Waals surface area contributed by atoms with Crippen molar-refractivity contribution in [1.82, 2.24) is 14.9 Å². The number of aldehydes is 1. The van der Waals surface area contributed by atoms with Crippen molar-refractivity contribution in [3.63, 3.8) is 0 Å². The van der Waals surface area contributed by atoms with Gasteiger partial charge >= 0.3 is 12.2 Å². The molecule has 2 saturated carbocycles. The van der Waals surface area contributed by atoms with E-state index in [0.29, 0.717) is 6.42 Å². The van der Waals surface area contributed by atoms with Crippen molar-refractivity contribution in [1.29, 1.82) is 0 Å². The topological polar surface area (TPSA) is 106 Å². The molecule has 0 bridgehead atoms. The molecule has 220 valence electrons. The maximum atomic E-state index is 12.2. The van der Waals surface area contributed by atoms with E-state index in [9.17, 15) is 19.2 Å². The van der Waals surface area contributed by atoms with E-state index in [2.05, 4.69) is 0 Å². The summed E-state index contributed by atoms with van der Waals surface area (Å²) in [4.78, 5) is 55.1. The van der Waals surface area contributed by atoms with Crippen LogP contribution in [0.5, 0.6) is 0 Å². The van der Waals surface area contributed by atoms with E-state index in [-0.39, 0.29) is 42.0 Å². The second-order valence-electron chi connectivity index (χ2n) is 12.4. The van der Waals surface area contributed by atoms with Gasteiger partial charge < -0.3 is 24.1 Å². The van der Waals surface area contributed by atoms with E-state index in [4.69, 9.17) is 14.3 Å². The summed E-state index contributed by atoms with van der Waals surface area (Å²) in [5.41, 5.74) is -0.977. The Hall–Kier alpha value is -2.36. The number of nitrogens with zero attached hydrogens (tertiary/aromatic N) is 3. The van der Waals surface area contributed by atoms with Crippen molar-refractivity contribution >= 4 is 24.4 Å². The lowest BCUT2D eigenvalue weighted by Gasteiger charge is -2.36. The van der Waals surface area contributed by atoms with E-state index >= 15 is 0 Å². The Kier molecular flexibility index (Phi) is 13.0. The molecule has 4 unspecified atom stereocenters. The molecule has 0 aromatic carbocycles. The van der Waals surface area contributed by atoms with Crippen LogP contribution >= 0.6 is 0 Å². The zero-order valence-corrected chi connectivity index (χ0v) is 25.2. The summed E-state index contributed by atoms with van der Waals surface area (Å²) < 4.78 is 10.7. The zero-order chi connectivity index (χ0) is 29.3. The average Bonchev–Trinajstić information content (AvgIpc) is 2.85. The standard InChI is InChI=1S/C15H28N2O4.C13H23NO3/c1-15(2,3)21-14(19)16(4)12-9-7-8-11(10-12)13(18)17(5)20-6;1-13(2,3)17-12(16)14(4)11-7-5-6-10(8-11)9-15/h11-12H,7-10H2,1-6H3;9-11H,5-8H2,1-4H3. The molecule has 38 heavy (non-hydrogen) atoms. The van der Waals surface area contributed by atoms with Gasteiger partial charge in [0.15, 0.2) is 0 Å². The minimum absolute atomic E-state index is 0.0280. The lowest BCUT2D eigenvalue weighted by atomic mass is 9.84. The Labute approximate surface area is 229 Å². The highest BCUT2D eigenvalue weighted by Crippen LogP contribution is 2.29. The van der Waals surface area contributed by atoms with Crippen LogP contribution in [0.4, 0.5) is 9.59 Å². The molecule has 0 aromatic rings. The zero-order valence-electron chi connectivity index (χ0n) is 25.2. The van der Waals surface area contributed by atoms with E-state index < -0.39 is 11.2 Å². The summed E-state index contributed by atoms with van der Waals surface area (Å²) in [5, 5.41) is 1.26. The summed E-state index contributed by atoms with van der Waals surface area (Å²) in [7, 11) is 6.59. The van der Waals surface area contributed by atoms with Crippen LogP contribution in [0.1, 0.15) is 92.9 Å². The fraction of sp³-hybridized carbons (Fsp3) is 0.857. The Morgan fingerprint density at radius 1 is 0.737 bits per heavy atom. The predicted octanol–water partition coefficient (Wildman–Crippen LogP) is 5.04. The fourth-order valence-electron chi connectivity index (χ4n) is 4.73. The minimum atomic E-state index is -0.508. The Morgan fingerprint density at radius 3 is 1.61 bits per heavy atom. The van der Waals surface area contributed by atoms with Crippen molar-refractivity contribution in [2.45, 2.75) is 116 Å². The molecule has 2 aliphatic rings. The molecule has 4 atom stereocenters. The Morgan fingerprint density at radius 2 is 1.18 bits per heavy atom. The first-order chi connectivity index (χ1) is 17.5. The maximum absolute atomic E-state index is 12.2. The number of rotatable bonds is 5. The number of hydrogen-bond donors (Lipinski definition) is 0. The second kappa shape index (κ2) is 14.7. The monoisotopic (exact) mass is 541 g/mol. The van der Waals surface area contributed by atoms with E-state index in [1.54, 1.807) is 30.9 Å². The highest BCUT2D eigenvalue weighted by atomic mass is 16.7. The van der Waals surface area contributed by atoms with Crippen LogP contribution in [0.15, 0.2) is 0 Å². The van der Waals surface area contributed by atoms with Gasteiger partial charge in [0.2, 0.25) is 5.91 Å². The molecule has 2 rings (SSSR count). The lowest BCUT2D eigenvalue weighted by Crippen LogP contribution is -2.45. The Bertz CT molecular complexity index is 790. The van der Waals surface area contributed by atoms with E-state index in [1.165, 1.54) is 12.2 Å². The van der Waals surface area contributed by atoms with E-state index in [1.807, 2.05) is 41.5 Å². The molecule has 2 fully saturated rings. The molecule has 2 aliphatic carbocycles. The molecule has 0 heterocycles. The van der Waals surface area contributed by atoms with Gasteiger partial charge in [-0.3, -0.25) is 9.63 Å². The summed E-state index contributed by atoms with van der Waals surface area (Å²) >= 11 is 0. The highest BCUT2D eigenvalue weighted by Gasteiger charge is 2.34. The lowest BCUT2D eigenvalue weighted by molar-refractivity contribution is -0.175. The van der Waals surface area contributed by atoms with Crippen LogP contribution < -0.4 is 0 Å². The number of amides is 3. The van der Waals surface area contributed by atoms with Crippen molar-refractivity contribution in [3.05, 3.63) is 0 Å². The number of carbonyl (C=O) groups excluding carboxylic acids is 4.